The van der Waals surface area contributed by atoms with Crippen molar-refractivity contribution in [3.8, 4) is 0 Å². The quantitative estimate of drug-likeness (QED) is 0.814. The van der Waals surface area contributed by atoms with Crippen molar-refractivity contribution in [2.45, 2.75) is 32.2 Å². The van der Waals surface area contributed by atoms with E-state index in [4.69, 9.17) is 4.84 Å². The van der Waals surface area contributed by atoms with Gasteiger partial charge in [-0.15, -0.1) is 0 Å². The highest BCUT2D eigenvalue weighted by Gasteiger charge is 2.27. The number of aromatic nitrogens is 1. The molecule has 0 unspecified atom stereocenters. The lowest BCUT2D eigenvalue weighted by Crippen LogP contribution is -2.41. The summed E-state index contributed by atoms with van der Waals surface area (Å²) in [7, 11) is 0. The van der Waals surface area contributed by atoms with Crippen LogP contribution in [0, 0.1) is 0 Å². The van der Waals surface area contributed by atoms with Gasteiger partial charge in [-0.3, -0.25) is 19.4 Å². The molecule has 1 aliphatic heterocycles. The average Bonchev–Trinajstić information content (AvgIpc) is 2.82. The van der Waals surface area contributed by atoms with E-state index < -0.39 is 6.04 Å². The van der Waals surface area contributed by atoms with E-state index >= 15 is 0 Å². The van der Waals surface area contributed by atoms with E-state index in [0.29, 0.717) is 5.69 Å². The Hall–Kier alpha value is -1.95. The van der Waals surface area contributed by atoms with Gasteiger partial charge in [-0.2, -0.15) is 0 Å². The summed E-state index contributed by atoms with van der Waals surface area (Å²) in [4.78, 5) is 32.0. The van der Waals surface area contributed by atoms with Crippen LogP contribution in [0.15, 0.2) is 18.3 Å². The standard InChI is InChI=1S/C13H17N3O3/c1-2-3-4-9-5-6-10(14-7-9)12(17)15-11-8-19-16-13(11)18/h5-7,11H,2-4,8H2,1H3,(H,15,17)(H,16,18)/t11-/m1/s1. The van der Waals surface area contributed by atoms with Crippen LogP contribution in [0.2, 0.25) is 0 Å². The number of carbonyl (C=O) groups is 2. The van der Waals surface area contributed by atoms with Gasteiger partial charge in [0.2, 0.25) is 0 Å². The molecule has 0 bridgehead atoms. The van der Waals surface area contributed by atoms with Crippen LogP contribution in [0.5, 0.6) is 0 Å². The van der Waals surface area contributed by atoms with Crippen LogP contribution >= 0.6 is 0 Å². The fraction of sp³-hybridized carbons (Fsp3) is 0.462. The van der Waals surface area contributed by atoms with E-state index in [9.17, 15) is 9.59 Å². The van der Waals surface area contributed by atoms with Crippen LogP contribution in [-0.4, -0.2) is 29.4 Å². The first-order valence-corrected chi connectivity index (χ1v) is 6.38. The summed E-state index contributed by atoms with van der Waals surface area (Å²) in [6, 6.07) is 2.92. The summed E-state index contributed by atoms with van der Waals surface area (Å²) in [6.07, 6.45) is 4.89. The average molecular weight is 263 g/mol. The molecule has 2 rings (SSSR count). The normalized spacial score (nSPS) is 18.2. The summed E-state index contributed by atoms with van der Waals surface area (Å²) in [5, 5.41) is 2.57. The molecule has 2 N–H and O–H groups in total. The third-order valence-corrected chi connectivity index (χ3v) is 2.92. The molecule has 1 aliphatic rings. The van der Waals surface area contributed by atoms with E-state index in [1.807, 2.05) is 6.07 Å². The fourth-order valence-corrected chi connectivity index (χ4v) is 1.77. The number of nitrogens with zero attached hydrogens (tertiary/aromatic N) is 1. The maximum atomic E-state index is 11.9. The second-order valence-corrected chi connectivity index (χ2v) is 4.46. The van der Waals surface area contributed by atoms with Gasteiger partial charge in [0.1, 0.15) is 18.3 Å². The molecule has 1 fully saturated rings. The molecular weight excluding hydrogens is 246 g/mol. The molecule has 0 spiro atoms. The van der Waals surface area contributed by atoms with Crippen LogP contribution in [-0.2, 0) is 16.1 Å². The van der Waals surface area contributed by atoms with Crippen LogP contribution in [0.3, 0.4) is 0 Å². The molecule has 1 aromatic rings. The largest absolute Gasteiger partial charge is 0.337 e. The number of pyridine rings is 1. The molecule has 6 heteroatoms. The SMILES string of the molecule is CCCCc1ccc(C(=O)N[C@@H]2CONC2=O)nc1. The molecule has 102 valence electrons. The predicted octanol–water partition coefficient (Wildman–Crippen LogP) is 0.584. The second kappa shape index (κ2) is 6.29. The van der Waals surface area contributed by atoms with Gasteiger partial charge in [0.15, 0.2) is 0 Å². The van der Waals surface area contributed by atoms with Gasteiger partial charge in [0, 0.05) is 6.20 Å². The molecule has 0 radical (unpaired) electrons. The number of nitrogens with one attached hydrogen (secondary N) is 2. The third-order valence-electron chi connectivity index (χ3n) is 2.92. The number of carbonyl (C=O) groups excluding carboxylic acids is 2. The van der Waals surface area contributed by atoms with E-state index in [2.05, 4.69) is 22.7 Å². The van der Waals surface area contributed by atoms with Crippen molar-refractivity contribution < 1.29 is 14.4 Å². The Balaban J connectivity index is 1.93. The molecule has 1 atom stereocenters. The van der Waals surface area contributed by atoms with E-state index in [1.54, 1.807) is 12.3 Å². The molecular formula is C13H17N3O3. The molecule has 2 amide bonds. The smallest absolute Gasteiger partial charge is 0.270 e. The summed E-state index contributed by atoms with van der Waals surface area (Å²) >= 11 is 0. The second-order valence-electron chi connectivity index (χ2n) is 4.46. The minimum absolute atomic E-state index is 0.138. The topological polar surface area (TPSA) is 80.3 Å². The van der Waals surface area contributed by atoms with Crippen LogP contribution < -0.4 is 10.8 Å². The molecule has 0 saturated carbocycles. The van der Waals surface area contributed by atoms with Crippen molar-refractivity contribution in [2.24, 2.45) is 0 Å². The van der Waals surface area contributed by atoms with Crippen molar-refractivity contribution >= 4 is 11.8 Å². The number of hydroxylamine groups is 1. The number of hydrogen-bond donors (Lipinski definition) is 2. The zero-order valence-electron chi connectivity index (χ0n) is 10.8. The van der Waals surface area contributed by atoms with Gasteiger partial charge in [-0.05, 0) is 24.5 Å². The first-order valence-electron chi connectivity index (χ1n) is 6.38. The highest BCUT2D eigenvalue weighted by molar-refractivity contribution is 5.96. The lowest BCUT2D eigenvalue weighted by Gasteiger charge is -2.08. The minimum atomic E-state index is -0.644. The Morgan fingerprint density at radius 1 is 1.58 bits per heavy atom. The zero-order valence-corrected chi connectivity index (χ0v) is 10.8. The Labute approximate surface area is 111 Å². The van der Waals surface area contributed by atoms with Crippen molar-refractivity contribution in [3.63, 3.8) is 0 Å². The summed E-state index contributed by atoms with van der Waals surface area (Å²) in [5.74, 6) is -0.708. The van der Waals surface area contributed by atoms with Crippen LogP contribution in [0.1, 0.15) is 35.8 Å². The number of hydrogen-bond acceptors (Lipinski definition) is 4. The van der Waals surface area contributed by atoms with Crippen molar-refractivity contribution in [1.29, 1.82) is 0 Å². The van der Waals surface area contributed by atoms with Crippen molar-refractivity contribution in [2.75, 3.05) is 6.61 Å². The highest BCUT2D eigenvalue weighted by Crippen LogP contribution is 2.05. The Bertz CT molecular complexity index is 459. The zero-order chi connectivity index (χ0) is 13.7. The van der Waals surface area contributed by atoms with E-state index in [1.165, 1.54) is 0 Å². The molecule has 1 aromatic heterocycles. The Morgan fingerprint density at radius 3 is 3.00 bits per heavy atom. The van der Waals surface area contributed by atoms with Gasteiger partial charge < -0.3 is 5.32 Å². The van der Waals surface area contributed by atoms with Gasteiger partial charge in [0.25, 0.3) is 11.8 Å². The summed E-state index contributed by atoms with van der Waals surface area (Å²) in [5.41, 5.74) is 3.60. The number of aryl methyl sites for hydroxylation is 1. The van der Waals surface area contributed by atoms with Gasteiger partial charge in [0.05, 0.1) is 0 Å². The fourth-order valence-electron chi connectivity index (χ4n) is 1.77. The number of unbranched alkanes of at least 4 members (excludes halogenated alkanes) is 1. The molecule has 0 aromatic carbocycles. The lowest BCUT2D eigenvalue weighted by atomic mass is 10.1. The summed E-state index contributed by atoms with van der Waals surface area (Å²) in [6.45, 7) is 2.27. The monoisotopic (exact) mass is 263 g/mol. The van der Waals surface area contributed by atoms with Crippen LogP contribution in [0.4, 0.5) is 0 Å². The maximum absolute atomic E-state index is 11.9. The van der Waals surface area contributed by atoms with Gasteiger partial charge >= 0.3 is 0 Å². The number of amides is 2. The highest BCUT2D eigenvalue weighted by atomic mass is 16.7. The Morgan fingerprint density at radius 2 is 2.42 bits per heavy atom. The molecule has 1 saturated heterocycles. The van der Waals surface area contributed by atoms with E-state index in [-0.39, 0.29) is 18.4 Å². The van der Waals surface area contributed by atoms with E-state index in [0.717, 1.165) is 24.8 Å². The maximum Gasteiger partial charge on any atom is 0.270 e. The predicted molar refractivity (Wildman–Crippen MR) is 68.2 cm³/mol. The molecule has 0 aliphatic carbocycles. The minimum Gasteiger partial charge on any atom is -0.337 e. The van der Waals surface area contributed by atoms with Crippen molar-refractivity contribution in [3.05, 3.63) is 29.6 Å². The lowest BCUT2D eigenvalue weighted by molar-refractivity contribution is -0.125. The first-order chi connectivity index (χ1) is 9.20. The number of rotatable bonds is 5. The Kier molecular flexibility index (Phi) is 4.46. The van der Waals surface area contributed by atoms with Crippen LogP contribution in [0.25, 0.3) is 0 Å². The third kappa shape index (κ3) is 3.51. The van der Waals surface area contributed by atoms with Gasteiger partial charge in [-0.25, -0.2) is 5.48 Å². The van der Waals surface area contributed by atoms with Gasteiger partial charge in [-0.1, -0.05) is 19.4 Å². The summed E-state index contributed by atoms with van der Waals surface area (Å²) < 4.78 is 0. The van der Waals surface area contributed by atoms with Crippen molar-refractivity contribution in [1.82, 2.24) is 15.8 Å². The molecule has 19 heavy (non-hydrogen) atoms. The molecule has 6 nitrogen and oxygen atoms in total. The molecule has 2 heterocycles. The first kappa shape index (κ1) is 13.5.